The van der Waals surface area contributed by atoms with Gasteiger partial charge in [-0.1, -0.05) is 72.3 Å². The van der Waals surface area contributed by atoms with Crippen LogP contribution in [0, 0.1) is 12.7 Å². The Kier molecular flexibility index (Phi) is 5.52. The van der Waals surface area contributed by atoms with Gasteiger partial charge in [-0.05, 0) is 55.0 Å². The van der Waals surface area contributed by atoms with Crippen LogP contribution in [0.3, 0.4) is 0 Å². The standard InChI is InChI=1S/C31H22ClFN6/c1-19-27-28(20-10-4-2-5-11-20)38-26-15-9-8-14-25(26)35-29(34-21-16-17-24(33)23(32)18-21)31(38)36-30(27)39(37-19)22-12-6-3-7-13-22/h2-18,28H,1H3,(H,34,35)/t28-/m1/s1. The molecule has 39 heavy (non-hydrogen) atoms. The summed E-state index contributed by atoms with van der Waals surface area (Å²) in [4.78, 5) is 12.4. The van der Waals surface area contributed by atoms with Gasteiger partial charge in [-0.3, -0.25) is 0 Å². The van der Waals surface area contributed by atoms with Crippen LogP contribution in [-0.4, -0.2) is 21.5 Å². The van der Waals surface area contributed by atoms with Crippen LogP contribution in [0.15, 0.2) is 113 Å². The third kappa shape index (κ3) is 3.90. The van der Waals surface area contributed by atoms with Crippen LogP contribution in [0.5, 0.6) is 0 Å². The molecule has 0 saturated carbocycles. The second-order valence-corrected chi connectivity index (χ2v) is 9.80. The highest BCUT2D eigenvalue weighted by Gasteiger charge is 2.41. The van der Waals surface area contributed by atoms with Gasteiger partial charge in [0.25, 0.3) is 0 Å². The summed E-state index contributed by atoms with van der Waals surface area (Å²) in [5, 5.41) is 8.33. The van der Waals surface area contributed by atoms with Crippen molar-refractivity contribution in [1.29, 1.82) is 0 Å². The molecule has 0 saturated heterocycles. The van der Waals surface area contributed by atoms with Crippen molar-refractivity contribution in [3.8, 4) is 5.69 Å². The molecule has 5 aromatic rings. The highest BCUT2D eigenvalue weighted by atomic mass is 35.5. The van der Waals surface area contributed by atoms with Crippen LogP contribution in [0.2, 0.25) is 5.02 Å². The number of aromatic nitrogens is 2. The summed E-state index contributed by atoms with van der Waals surface area (Å²) in [6.07, 6.45) is 0. The van der Waals surface area contributed by atoms with Crippen molar-refractivity contribution in [1.82, 2.24) is 9.78 Å². The van der Waals surface area contributed by atoms with Gasteiger partial charge in [0.1, 0.15) is 5.82 Å². The summed E-state index contributed by atoms with van der Waals surface area (Å²) in [6.45, 7) is 2.03. The molecule has 0 bridgehead atoms. The molecule has 0 unspecified atom stereocenters. The molecule has 2 aliphatic heterocycles. The number of halogens is 2. The zero-order chi connectivity index (χ0) is 26.5. The van der Waals surface area contributed by atoms with Crippen molar-refractivity contribution in [2.75, 3.05) is 10.2 Å². The molecule has 0 radical (unpaired) electrons. The predicted octanol–water partition coefficient (Wildman–Crippen LogP) is 7.77. The van der Waals surface area contributed by atoms with Crippen molar-refractivity contribution in [2.24, 2.45) is 9.98 Å². The first kappa shape index (κ1) is 23.4. The van der Waals surface area contributed by atoms with E-state index < -0.39 is 5.82 Å². The number of benzene rings is 4. The summed E-state index contributed by atoms with van der Waals surface area (Å²) >= 11 is 6.10. The molecule has 1 atom stereocenters. The molecule has 2 aliphatic rings. The second-order valence-electron chi connectivity index (χ2n) is 9.39. The van der Waals surface area contributed by atoms with E-state index in [0.29, 0.717) is 17.4 Å². The third-order valence-electron chi connectivity index (χ3n) is 6.94. The lowest BCUT2D eigenvalue weighted by atomic mass is 9.93. The molecule has 3 heterocycles. The lowest BCUT2D eigenvalue weighted by Gasteiger charge is -2.40. The molecule has 0 fully saturated rings. The molecular weight excluding hydrogens is 511 g/mol. The molecule has 0 aliphatic carbocycles. The first-order valence-electron chi connectivity index (χ1n) is 12.6. The molecule has 7 rings (SSSR count). The summed E-state index contributed by atoms with van der Waals surface area (Å²) in [6, 6.07) is 32.6. The van der Waals surface area contributed by atoms with Crippen molar-refractivity contribution in [2.45, 2.75) is 13.0 Å². The molecular formula is C31H22ClFN6. The summed E-state index contributed by atoms with van der Waals surface area (Å²) in [5.41, 5.74) is 6.27. The van der Waals surface area contributed by atoms with Crippen LogP contribution in [0.4, 0.5) is 27.3 Å². The van der Waals surface area contributed by atoms with Gasteiger partial charge in [0.15, 0.2) is 17.5 Å². The van der Waals surface area contributed by atoms with Gasteiger partial charge in [0.05, 0.1) is 33.8 Å². The van der Waals surface area contributed by atoms with Crippen LogP contribution < -0.4 is 10.2 Å². The van der Waals surface area contributed by atoms with E-state index in [1.54, 1.807) is 12.1 Å². The Labute approximate surface area is 229 Å². The van der Waals surface area contributed by atoms with Crippen LogP contribution >= 0.6 is 11.6 Å². The minimum Gasteiger partial charge on any atom is -0.337 e. The first-order valence-corrected chi connectivity index (χ1v) is 12.9. The molecule has 0 amide bonds. The number of amidine groups is 2. The number of aryl methyl sites for hydroxylation is 1. The van der Waals surface area contributed by atoms with Gasteiger partial charge < -0.3 is 10.2 Å². The first-order chi connectivity index (χ1) is 19.1. The van der Waals surface area contributed by atoms with Crippen LogP contribution in [-0.2, 0) is 0 Å². The largest absolute Gasteiger partial charge is 0.337 e. The molecule has 6 nitrogen and oxygen atoms in total. The topological polar surface area (TPSA) is 57.8 Å². The number of nitrogens with one attached hydrogen (secondary N) is 1. The maximum absolute atomic E-state index is 13.9. The average Bonchev–Trinajstić information content (AvgIpc) is 3.31. The van der Waals surface area contributed by atoms with Gasteiger partial charge >= 0.3 is 0 Å². The lowest BCUT2D eigenvalue weighted by molar-refractivity contribution is 0.628. The van der Waals surface area contributed by atoms with Crippen molar-refractivity contribution < 1.29 is 4.39 Å². The predicted molar refractivity (Wildman–Crippen MR) is 155 cm³/mol. The van der Waals surface area contributed by atoms with E-state index in [0.717, 1.165) is 39.7 Å². The van der Waals surface area contributed by atoms with Crippen molar-refractivity contribution in [3.05, 3.63) is 131 Å². The highest BCUT2D eigenvalue weighted by Crippen LogP contribution is 2.48. The summed E-state index contributed by atoms with van der Waals surface area (Å²) in [7, 11) is 0. The molecule has 0 spiro atoms. The fourth-order valence-electron chi connectivity index (χ4n) is 5.21. The van der Waals surface area contributed by atoms with Crippen LogP contribution in [0.25, 0.3) is 5.69 Å². The van der Waals surface area contributed by atoms with E-state index in [9.17, 15) is 4.39 Å². The number of hydrogen-bond donors (Lipinski definition) is 1. The molecule has 4 aromatic carbocycles. The van der Waals surface area contributed by atoms with E-state index in [1.807, 2.05) is 78.3 Å². The van der Waals surface area contributed by atoms with Gasteiger partial charge in [0, 0.05) is 11.3 Å². The van der Waals surface area contributed by atoms with Gasteiger partial charge in [-0.25, -0.2) is 19.1 Å². The second kappa shape index (κ2) is 9.22. The summed E-state index contributed by atoms with van der Waals surface area (Å²) in [5.74, 6) is 1.42. The van der Waals surface area contributed by atoms with Gasteiger partial charge in [-0.15, -0.1) is 0 Å². The fourth-order valence-corrected chi connectivity index (χ4v) is 5.39. The Morgan fingerprint density at radius 2 is 1.56 bits per heavy atom. The zero-order valence-electron chi connectivity index (χ0n) is 20.9. The maximum Gasteiger partial charge on any atom is 0.179 e. The fraction of sp³-hybridized carbons (Fsp3) is 0.0645. The van der Waals surface area contributed by atoms with Gasteiger partial charge in [-0.2, -0.15) is 5.10 Å². The number of aliphatic imine (C=N–C) groups is 2. The number of para-hydroxylation sites is 3. The summed E-state index contributed by atoms with van der Waals surface area (Å²) < 4.78 is 15.8. The number of hydrogen-bond acceptors (Lipinski definition) is 5. The number of fused-ring (bicyclic) bond motifs is 4. The van der Waals surface area contributed by atoms with E-state index in [-0.39, 0.29) is 11.1 Å². The third-order valence-corrected chi connectivity index (χ3v) is 7.23. The Morgan fingerprint density at radius 1 is 0.846 bits per heavy atom. The van der Waals surface area contributed by atoms with E-state index in [1.165, 1.54) is 6.07 Å². The Hall–Kier alpha value is -4.75. The maximum atomic E-state index is 13.9. The molecule has 190 valence electrons. The highest BCUT2D eigenvalue weighted by molar-refractivity contribution is 6.51. The van der Waals surface area contributed by atoms with Crippen LogP contribution in [0.1, 0.15) is 22.9 Å². The Balaban J connectivity index is 1.49. The van der Waals surface area contributed by atoms with E-state index >= 15 is 0 Å². The average molecular weight is 533 g/mol. The lowest BCUT2D eigenvalue weighted by Crippen LogP contribution is -2.46. The van der Waals surface area contributed by atoms with E-state index in [4.69, 9.17) is 26.7 Å². The molecule has 1 N–H and O–H groups in total. The number of anilines is 2. The minimum atomic E-state index is -0.481. The minimum absolute atomic E-state index is 0.0291. The van der Waals surface area contributed by atoms with Crippen molar-refractivity contribution in [3.63, 3.8) is 0 Å². The Morgan fingerprint density at radius 3 is 2.33 bits per heavy atom. The van der Waals surface area contributed by atoms with Gasteiger partial charge in [0.2, 0.25) is 0 Å². The van der Waals surface area contributed by atoms with E-state index in [2.05, 4.69) is 28.4 Å². The number of nitrogens with zero attached hydrogens (tertiary/aromatic N) is 5. The smallest absolute Gasteiger partial charge is 0.179 e. The molecule has 8 heteroatoms. The quantitative estimate of drug-likeness (QED) is 0.258. The normalized spacial score (nSPS) is 15.6. The zero-order valence-corrected chi connectivity index (χ0v) is 21.6. The monoisotopic (exact) mass is 532 g/mol. The van der Waals surface area contributed by atoms with Crippen molar-refractivity contribution >= 4 is 46.2 Å². The number of rotatable bonds is 3. The Bertz CT molecular complexity index is 1780. The SMILES string of the molecule is Cc1nn(-c2ccccc2)c2c1[C@@H](c1ccccc1)N1C(=N2)C(Nc2ccc(F)c(Cl)c2)=Nc2ccccc21. The molecule has 1 aromatic heterocycles.